The van der Waals surface area contributed by atoms with Crippen LogP contribution >= 0.6 is 0 Å². The minimum Gasteiger partial charge on any atom is -0.465 e. The van der Waals surface area contributed by atoms with Gasteiger partial charge in [-0.1, -0.05) is 121 Å². The van der Waals surface area contributed by atoms with E-state index in [0.717, 1.165) is 49.0 Å². The van der Waals surface area contributed by atoms with Crippen LogP contribution in [0.4, 0.5) is 0 Å². The lowest BCUT2D eigenvalue weighted by molar-refractivity contribution is -0.184. The maximum atomic E-state index is 11.3. The van der Waals surface area contributed by atoms with Crippen LogP contribution in [0.5, 0.6) is 0 Å². The average Bonchev–Trinajstić information content (AvgIpc) is 0.763. The van der Waals surface area contributed by atoms with Gasteiger partial charge < -0.3 is 91.0 Å². The summed E-state index contributed by atoms with van der Waals surface area (Å²) < 4.78 is 103. The number of hydrogen-bond donors (Lipinski definition) is 0. The van der Waals surface area contributed by atoms with E-state index in [9.17, 15) is 38.4 Å². The molecule has 28 nitrogen and oxygen atoms in total. The van der Waals surface area contributed by atoms with Crippen molar-refractivity contribution in [2.24, 2.45) is 16.2 Å². The highest BCUT2D eigenvalue weighted by atomic mass is 28.5. The van der Waals surface area contributed by atoms with Gasteiger partial charge in [0.05, 0.1) is 67.9 Å². The summed E-state index contributed by atoms with van der Waals surface area (Å²) in [5.41, 5.74) is 14.0. The Bertz CT molecular complexity index is 2800. The zero-order valence-corrected chi connectivity index (χ0v) is 69.4. The summed E-state index contributed by atoms with van der Waals surface area (Å²) in [7, 11) is -10.7. The monoisotopic (exact) mass is 1590 g/mol. The fourth-order valence-corrected chi connectivity index (χ4v) is 44.7. The molecule has 0 aromatic carbocycles. The maximum absolute atomic E-state index is 11.3. The Morgan fingerprint density at radius 3 is 0.867 bits per heavy atom. The van der Waals surface area contributed by atoms with Crippen LogP contribution in [0, 0.1) is 16.2 Å². The molecule has 0 unspecified atom stereocenters. The van der Waals surface area contributed by atoms with E-state index in [1.165, 1.54) is 25.6 Å². The molecule has 0 aromatic rings. The third kappa shape index (κ3) is 39.1. The number of hydrogen-bond acceptors (Lipinski definition) is 28. The first-order valence-electron chi connectivity index (χ1n) is 32.0. The minimum atomic E-state index is -2.54. The molecule has 0 bridgehead atoms. The van der Waals surface area contributed by atoms with Crippen molar-refractivity contribution < 1.29 is 129 Å². The van der Waals surface area contributed by atoms with Crippen LogP contribution in [-0.4, -0.2) is 201 Å². The van der Waals surface area contributed by atoms with Gasteiger partial charge in [-0.2, -0.15) is 0 Å². The predicted molar refractivity (Wildman–Crippen MR) is 410 cm³/mol. The van der Waals surface area contributed by atoms with Gasteiger partial charge in [-0.25, -0.2) is 28.8 Å². The van der Waals surface area contributed by atoms with Crippen LogP contribution in [-0.2, 0) is 129 Å². The van der Waals surface area contributed by atoms with Gasteiger partial charge in [0, 0.05) is 56.1 Å². The number of esters is 8. The standard InChI is InChI=1S/C17H20O8.C11H16O4.C10H14O5.C9H12O4.C9H18O3Si3.C8H16Si2.C6H12O4Si2/c1-5-13(18)22-9-17(10-23-14(19)6-2,11-24-15(20)7-3)12-25-16(21)8-4;1-5-9(12)14-7-11(3,4)8-15-10(13)6-2;1-3-14-9(11)5-7-13-8-6-10(12)15-4-2;1-7-10-3-9(4-11-7)5-12-8(2)13-6-9;1-7-13(4)10-14(5,8-2)12-15(6,9-3)11-13;1-5-9(3)7-10(4,6-2)8-9;1-5-11(7-3)9-12(6-2,8-4)10-11/h5-8H,1-4,9-12H2;5-6H,1-2,7-8H2,3-4H3;3-4H,1-2,5-8H2;1-6H2;7-9H,1-3H2,4-6H3;5-6H,1-2,7-8H2,3-4H3;5-6H,1-2H2,3-4H3. The Morgan fingerprint density at radius 2 is 0.657 bits per heavy atom. The van der Waals surface area contributed by atoms with E-state index in [4.69, 9.17) is 81.5 Å². The molecule has 5 heterocycles. The smallest absolute Gasteiger partial charge is 0.465 e. The van der Waals surface area contributed by atoms with Gasteiger partial charge in [-0.15, -0.1) is 44.3 Å². The van der Waals surface area contributed by atoms with E-state index in [1.807, 2.05) is 33.5 Å². The van der Waals surface area contributed by atoms with Crippen LogP contribution in [0.15, 0.2) is 213 Å². The normalized spacial score (nSPS) is 23.8. The van der Waals surface area contributed by atoms with Crippen LogP contribution < -0.4 is 0 Å². The molecule has 0 amide bonds. The second-order valence-corrected chi connectivity index (χ2v) is 50.3. The Kier molecular flexibility index (Phi) is 45.9. The van der Waals surface area contributed by atoms with Crippen molar-refractivity contribution in [3.63, 3.8) is 0 Å². The van der Waals surface area contributed by atoms with Crippen LogP contribution in [0.2, 0.25) is 44.1 Å². The van der Waals surface area contributed by atoms with E-state index >= 15 is 0 Å². The van der Waals surface area contributed by atoms with E-state index in [1.54, 1.807) is 28.5 Å². The molecule has 0 radical (unpaired) electrons. The molecular formula is C70H108O28Si7. The highest BCUT2D eigenvalue weighted by molar-refractivity contribution is 7.16. The third-order valence-corrected chi connectivity index (χ3v) is 47.9. The summed E-state index contributed by atoms with van der Waals surface area (Å²) in [5.74, 6) is -4.11. The Hall–Kier alpha value is -8.26. The zero-order chi connectivity index (χ0) is 80.8. The third-order valence-electron chi connectivity index (χ3n) is 14.3. The van der Waals surface area contributed by atoms with Crippen LogP contribution in [0.1, 0.15) is 26.7 Å². The SMILES string of the molecule is C=C1OCC2(CO1)COC(=C)OC2.C=CC(=O)OCC(C)(C)COC(=O)C=C.C=CC(=O)OCC(COC(=O)C=C)(COC(=O)C=C)COC(=O)C=C.C=COC(=O)CCOCCC(=O)OC=C.C=C[Si]1(C)C[Si](C)(C=C)C1.C=C[Si]1(C)O[Si](C)(C=C)O[Si](C)(C=C)O1.C=C[Si]1(OC)O[Si](C=C)(OC)O1. The molecule has 35 heteroatoms. The fourth-order valence-electron chi connectivity index (χ4n) is 8.57. The van der Waals surface area contributed by atoms with E-state index in [0.29, 0.717) is 38.3 Å². The van der Waals surface area contributed by atoms with E-state index in [-0.39, 0.29) is 71.1 Å². The van der Waals surface area contributed by atoms with Gasteiger partial charge in [0.15, 0.2) is 0 Å². The first kappa shape index (κ1) is 98.8. The Morgan fingerprint density at radius 1 is 0.400 bits per heavy atom. The molecule has 0 aliphatic carbocycles. The van der Waals surface area contributed by atoms with Gasteiger partial charge in [-0.3, -0.25) is 9.59 Å². The maximum Gasteiger partial charge on any atom is 0.514 e. The first-order valence-corrected chi connectivity index (χ1v) is 48.8. The molecule has 584 valence electrons. The number of rotatable bonds is 35. The molecule has 105 heavy (non-hydrogen) atoms. The Balaban J connectivity index is 0. The first-order chi connectivity index (χ1) is 49.1. The second kappa shape index (κ2) is 48.8. The molecule has 5 rings (SSSR count). The van der Waals surface area contributed by atoms with E-state index < -0.39 is 118 Å². The molecule has 5 saturated heterocycles. The molecule has 0 N–H and O–H groups in total. The van der Waals surface area contributed by atoms with Crippen molar-refractivity contribution in [2.45, 2.75) is 70.8 Å². The summed E-state index contributed by atoms with van der Waals surface area (Å²) in [5, 5.41) is 0. The summed E-state index contributed by atoms with van der Waals surface area (Å²) in [4.78, 5) is 88.4. The van der Waals surface area contributed by atoms with Crippen molar-refractivity contribution in [1.82, 2.24) is 0 Å². The topological polar surface area (TPSA) is 321 Å². The largest absolute Gasteiger partial charge is 0.514 e. The second-order valence-electron chi connectivity index (χ2n) is 24.6. The lowest BCUT2D eigenvalue weighted by Crippen LogP contribution is -2.71. The van der Waals surface area contributed by atoms with Gasteiger partial charge in [-0.05, 0) is 44.2 Å². The summed E-state index contributed by atoms with van der Waals surface area (Å²) >= 11 is 0. The number of carbonyl (C=O) groups is 8. The molecule has 5 fully saturated rings. The van der Waals surface area contributed by atoms with Gasteiger partial charge in [0.25, 0.3) is 11.9 Å². The van der Waals surface area contributed by atoms with Crippen molar-refractivity contribution in [3.05, 3.63) is 213 Å². The molecule has 0 atom stereocenters. The van der Waals surface area contributed by atoms with Gasteiger partial charge >= 0.3 is 91.0 Å². The van der Waals surface area contributed by atoms with Gasteiger partial charge in [0.1, 0.15) is 63.7 Å². The predicted octanol–water partition coefficient (Wildman–Crippen LogP) is 10.3. The molecular weight excluding hydrogens is 1490 g/mol. The van der Waals surface area contributed by atoms with Gasteiger partial charge in [0.2, 0.25) is 0 Å². The molecule has 0 aromatic heterocycles. The fraction of sp³-hybridized carbons (Fsp3) is 0.400. The molecule has 5 aliphatic rings. The summed E-state index contributed by atoms with van der Waals surface area (Å²) in [6.45, 7) is 75.3. The number of ether oxygens (including phenoxy) is 13. The summed E-state index contributed by atoms with van der Waals surface area (Å²) in [6.07, 6.45) is 8.24. The molecule has 1 spiro atoms. The average molecular weight is 1590 g/mol. The van der Waals surface area contributed by atoms with Crippen molar-refractivity contribution in [2.75, 3.05) is 93.5 Å². The van der Waals surface area contributed by atoms with Crippen LogP contribution in [0.3, 0.4) is 0 Å². The minimum absolute atomic E-state index is 0.128. The highest BCUT2D eigenvalue weighted by Gasteiger charge is 2.64. The molecule has 0 saturated carbocycles. The van der Waals surface area contributed by atoms with E-state index in [2.05, 4.69) is 146 Å². The highest BCUT2D eigenvalue weighted by Crippen LogP contribution is 2.41. The van der Waals surface area contributed by atoms with Crippen LogP contribution in [0.25, 0.3) is 0 Å². The van der Waals surface area contributed by atoms with Crippen molar-refractivity contribution >= 4 is 107 Å². The lowest BCUT2D eigenvalue weighted by atomic mass is 9.91. The lowest BCUT2D eigenvalue weighted by Gasteiger charge is -2.47. The summed E-state index contributed by atoms with van der Waals surface area (Å²) in [6, 6.07) is 0. The zero-order valence-electron chi connectivity index (χ0n) is 62.4. The van der Waals surface area contributed by atoms with Crippen molar-refractivity contribution in [1.29, 1.82) is 0 Å². The quantitative estimate of drug-likeness (QED) is 0.0142. The Labute approximate surface area is 626 Å². The molecule has 5 aliphatic heterocycles. The number of carbonyl (C=O) groups excluding carboxylic acids is 8. The van der Waals surface area contributed by atoms with Crippen molar-refractivity contribution in [3.8, 4) is 0 Å².